The molecule has 1 aliphatic heterocycles. The molecule has 2 aromatic rings. The van der Waals surface area contributed by atoms with Gasteiger partial charge in [-0.2, -0.15) is 10.1 Å². The Morgan fingerprint density at radius 1 is 1.23 bits per heavy atom. The van der Waals surface area contributed by atoms with Gasteiger partial charge in [0.15, 0.2) is 23.9 Å². The van der Waals surface area contributed by atoms with Gasteiger partial charge in [0.25, 0.3) is 5.91 Å². The van der Waals surface area contributed by atoms with E-state index in [0.717, 1.165) is 11.3 Å². The summed E-state index contributed by atoms with van der Waals surface area (Å²) in [7, 11) is 1.54. The number of methoxy groups -OCH3 is 1. The number of allylic oxidation sites excluding steroid dienone is 2. The first-order chi connectivity index (χ1) is 14.4. The molecule has 0 saturated heterocycles. The molecule has 160 valence electrons. The van der Waals surface area contributed by atoms with Gasteiger partial charge in [-0.1, -0.05) is 6.07 Å². The summed E-state index contributed by atoms with van der Waals surface area (Å²) in [6, 6.07) is 4.95. The molecule has 0 aliphatic carbocycles. The third-order valence-electron chi connectivity index (χ3n) is 5.14. The van der Waals surface area contributed by atoms with E-state index in [-0.39, 0.29) is 18.3 Å². The predicted molar refractivity (Wildman–Crippen MR) is 112 cm³/mol. The maximum absolute atomic E-state index is 12.4. The highest BCUT2D eigenvalue weighted by atomic mass is 16.5. The fourth-order valence-corrected chi connectivity index (χ4v) is 3.64. The highest BCUT2D eigenvalue weighted by Crippen LogP contribution is 2.38. The number of ketones is 1. The highest BCUT2D eigenvalue weighted by molar-refractivity contribution is 5.96. The van der Waals surface area contributed by atoms with Crippen molar-refractivity contribution in [3.8, 4) is 11.5 Å². The SMILES string of the molecule is CCN(CC)C(=O)COc1ccc(C2C(C(C)=O)=C(C)Nc3ncnn32)cc1OC. The Morgan fingerprint density at radius 2 is 1.97 bits per heavy atom. The summed E-state index contributed by atoms with van der Waals surface area (Å²) in [6.45, 7) is 8.41. The second-order valence-electron chi connectivity index (χ2n) is 6.92. The van der Waals surface area contributed by atoms with E-state index in [4.69, 9.17) is 9.47 Å². The predicted octanol–water partition coefficient (Wildman–Crippen LogP) is 2.41. The van der Waals surface area contributed by atoms with Crippen molar-refractivity contribution in [3.63, 3.8) is 0 Å². The van der Waals surface area contributed by atoms with Gasteiger partial charge < -0.3 is 19.7 Å². The van der Waals surface area contributed by atoms with Gasteiger partial charge in [-0.15, -0.1) is 0 Å². The third-order valence-corrected chi connectivity index (χ3v) is 5.14. The van der Waals surface area contributed by atoms with Crippen molar-refractivity contribution >= 4 is 17.6 Å². The van der Waals surface area contributed by atoms with Crippen molar-refractivity contribution in [2.45, 2.75) is 33.7 Å². The number of anilines is 1. The van der Waals surface area contributed by atoms with Gasteiger partial charge in [-0.3, -0.25) is 9.59 Å². The molecule has 2 heterocycles. The van der Waals surface area contributed by atoms with Crippen LogP contribution in [0.15, 0.2) is 35.8 Å². The summed E-state index contributed by atoms with van der Waals surface area (Å²) in [5.41, 5.74) is 2.13. The number of carbonyl (C=O) groups is 2. The fourth-order valence-electron chi connectivity index (χ4n) is 3.64. The Hall–Kier alpha value is -3.36. The topological polar surface area (TPSA) is 98.6 Å². The van der Waals surface area contributed by atoms with E-state index in [0.29, 0.717) is 36.1 Å². The number of likely N-dealkylation sites (N-methyl/N-ethyl adjacent to an activating group) is 1. The van der Waals surface area contributed by atoms with Gasteiger partial charge in [-0.25, -0.2) is 4.68 Å². The Bertz CT molecular complexity index is 978. The van der Waals surface area contributed by atoms with Crippen LogP contribution in [-0.4, -0.2) is 58.2 Å². The monoisotopic (exact) mass is 413 g/mol. The van der Waals surface area contributed by atoms with Crippen LogP contribution in [-0.2, 0) is 9.59 Å². The third kappa shape index (κ3) is 4.00. The maximum atomic E-state index is 12.4. The number of nitrogens with zero attached hydrogens (tertiary/aromatic N) is 4. The smallest absolute Gasteiger partial charge is 0.260 e. The number of hydrogen-bond acceptors (Lipinski definition) is 7. The number of hydrogen-bond donors (Lipinski definition) is 1. The first-order valence-electron chi connectivity index (χ1n) is 9.87. The molecule has 9 nitrogen and oxygen atoms in total. The van der Waals surface area contributed by atoms with Crippen molar-refractivity contribution in [1.82, 2.24) is 19.7 Å². The van der Waals surface area contributed by atoms with Crippen molar-refractivity contribution < 1.29 is 19.1 Å². The van der Waals surface area contributed by atoms with Gasteiger partial charge in [0.2, 0.25) is 5.95 Å². The number of aromatic nitrogens is 3. The first-order valence-corrected chi connectivity index (χ1v) is 9.87. The molecule has 1 aliphatic rings. The van der Waals surface area contributed by atoms with Crippen molar-refractivity contribution in [3.05, 3.63) is 41.4 Å². The van der Waals surface area contributed by atoms with E-state index in [2.05, 4.69) is 15.4 Å². The number of ether oxygens (including phenoxy) is 2. The lowest BCUT2D eigenvalue weighted by Crippen LogP contribution is -2.34. The molecule has 9 heteroatoms. The molecule has 3 rings (SSSR count). The normalized spacial score (nSPS) is 15.3. The van der Waals surface area contributed by atoms with Crippen LogP contribution < -0.4 is 14.8 Å². The zero-order chi connectivity index (χ0) is 21.8. The largest absolute Gasteiger partial charge is 0.493 e. The Kier molecular flexibility index (Phi) is 6.39. The molecule has 0 fully saturated rings. The van der Waals surface area contributed by atoms with Crippen molar-refractivity contribution in [2.75, 3.05) is 32.1 Å². The van der Waals surface area contributed by atoms with Gasteiger partial charge in [0.1, 0.15) is 12.4 Å². The Labute approximate surface area is 175 Å². The summed E-state index contributed by atoms with van der Waals surface area (Å²) in [4.78, 5) is 30.6. The van der Waals surface area contributed by atoms with Crippen LogP contribution in [0.4, 0.5) is 5.95 Å². The number of carbonyl (C=O) groups excluding carboxylic acids is 2. The van der Waals surface area contributed by atoms with E-state index < -0.39 is 6.04 Å². The number of benzene rings is 1. The molecular formula is C21H27N5O4. The summed E-state index contributed by atoms with van der Waals surface area (Å²) < 4.78 is 12.9. The molecule has 0 bridgehead atoms. The van der Waals surface area contributed by atoms with Crippen LogP contribution in [0.5, 0.6) is 11.5 Å². The molecular weight excluding hydrogens is 386 g/mol. The number of rotatable bonds is 8. The highest BCUT2D eigenvalue weighted by Gasteiger charge is 2.32. The van der Waals surface area contributed by atoms with Crippen LogP contribution in [0, 0.1) is 0 Å². The molecule has 1 atom stereocenters. The van der Waals surface area contributed by atoms with Gasteiger partial charge >= 0.3 is 0 Å². The number of amides is 1. The first kappa shape index (κ1) is 21.4. The van der Waals surface area contributed by atoms with E-state index in [1.165, 1.54) is 20.4 Å². The minimum absolute atomic E-state index is 0.0599. The summed E-state index contributed by atoms with van der Waals surface area (Å²) in [5, 5.41) is 7.41. The van der Waals surface area contributed by atoms with Crippen LogP contribution in [0.25, 0.3) is 0 Å². The molecule has 30 heavy (non-hydrogen) atoms. The average Bonchev–Trinajstić information content (AvgIpc) is 3.19. The molecule has 1 amide bonds. The lowest BCUT2D eigenvalue weighted by molar-refractivity contribution is -0.133. The fraction of sp³-hybridized carbons (Fsp3) is 0.429. The lowest BCUT2D eigenvalue weighted by atomic mass is 9.93. The van der Waals surface area contributed by atoms with Gasteiger partial charge in [0.05, 0.1) is 7.11 Å². The van der Waals surface area contributed by atoms with Crippen molar-refractivity contribution in [2.24, 2.45) is 0 Å². The molecule has 1 N–H and O–H groups in total. The number of fused-ring (bicyclic) bond motifs is 1. The standard InChI is InChI=1S/C21H27N5O4/c1-6-25(7-2)18(28)11-30-16-9-8-15(10-17(16)29-5)20-19(14(4)27)13(3)24-21-22-12-23-26(20)21/h8-10,12,20H,6-7,11H2,1-5H3,(H,22,23,24). The summed E-state index contributed by atoms with van der Waals surface area (Å²) in [6.07, 6.45) is 1.44. The van der Waals surface area contributed by atoms with E-state index >= 15 is 0 Å². The second kappa shape index (κ2) is 8.98. The Morgan fingerprint density at radius 3 is 2.60 bits per heavy atom. The minimum atomic E-state index is -0.443. The number of nitrogens with one attached hydrogen (secondary N) is 1. The van der Waals surface area contributed by atoms with Crippen LogP contribution in [0.1, 0.15) is 39.3 Å². The van der Waals surface area contributed by atoms with Crippen LogP contribution in [0.2, 0.25) is 0 Å². The zero-order valence-electron chi connectivity index (χ0n) is 17.9. The quantitative estimate of drug-likeness (QED) is 0.709. The van der Waals surface area contributed by atoms with Gasteiger partial charge in [-0.05, 0) is 45.4 Å². The van der Waals surface area contributed by atoms with E-state index in [1.54, 1.807) is 21.7 Å². The van der Waals surface area contributed by atoms with Crippen LogP contribution >= 0.6 is 0 Å². The molecule has 0 spiro atoms. The van der Waals surface area contributed by atoms with Gasteiger partial charge in [0, 0.05) is 24.4 Å². The molecule has 1 aromatic heterocycles. The summed E-state index contributed by atoms with van der Waals surface area (Å²) >= 11 is 0. The molecule has 1 aromatic carbocycles. The maximum Gasteiger partial charge on any atom is 0.260 e. The van der Waals surface area contributed by atoms with Crippen LogP contribution in [0.3, 0.4) is 0 Å². The second-order valence-corrected chi connectivity index (χ2v) is 6.92. The van der Waals surface area contributed by atoms with E-state index in [9.17, 15) is 9.59 Å². The van der Waals surface area contributed by atoms with E-state index in [1.807, 2.05) is 26.8 Å². The molecule has 0 saturated carbocycles. The average molecular weight is 413 g/mol. The summed E-state index contributed by atoms with van der Waals surface area (Å²) in [5.74, 6) is 1.34. The molecule has 1 unspecified atom stereocenters. The Balaban J connectivity index is 1.93. The van der Waals surface area contributed by atoms with Crippen molar-refractivity contribution in [1.29, 1.82) is 0 Å². The zero-order valence-corrected chi connectivity index (χ0v) is 17.9. The lowest BCUT2D eigenvalue weighted by Gasteiger charge is -2.28. The number of Topliss-reactive ketones (excluding diaryl/α,β-unsaturated/α-hetero) is 1. The molecule has 0 radical (unpaired) electrons. The minimum Gasteiger partial charge on any atom is -0.493 e.